The molecule has 1 fully saturated rings. The molecule has 1 saturated carbocycles. The Morgan fingerprint density at radius 3 is 2.00 bits per heavy atom. The third kappa shape index (κ3) is 5.26. The molecule has 3 nitrogen and oxygen atoms in total. The minimum Gasteiger partial charge on any atom is -0.407 e. The molecule has 0 N–H and O–H groups in total. The lowest BCUT2D eigenvalue weighted by molar-refractivity contribution is 0.278. The largest absolute Gasteiger partial charge is 0.407 e. The Labute approximate surface area is 201 Å². The average molecular weight is 476 g/mol. The Balaban J connectivity index is 1.51. The molecule has 172 valence electrons. The fourth-order valence-corrected chi connectivity index (χ4v) is 9.86. The summed E-state index contributed by atoms with van der Waals surface area (Å²) in [5, 5.41) is 2.58. The monoisotopic (exact) mass is 475 g/mol. The number of hydrogen-bond acceptors (Lipinski definition) is 2. The van der Waals surface area contributed by atoms with Gasteiger partial charge in [-0.2, -0.15) is 4.40 Å². The van der Waals surface area contributed by atoms with Gasteiger partial charge in [0.05, 0.1) is 4.90 Å². The maximum atomic E-state index is 12.5. The molecule has 3 atom stereocenters. The molecular weight excluding hydrogens is 442 g/mol. The summed E-state index contributed by atoms with van der Waals surface area (Å²) in [6, 6.07) is 29.2. The molecule has 0 amide bonds. The fourth-order valence-electron chi connectivity index (χ4n) is 4.49. The highest BCUT2D eigenvalue weighted by atomic mass is 32.2. The lowest BCUT2D eigenvalue weighted by Crippen LogP contribution is -2.66. The van der Waals surface area contributed by atoms with Crippen LogP contribution in [0.1, 0.15) is 32.8 Å². The fraction of sp³-hybridized carbons (Fsp3) is 0.321. The first-order valence-electron chi connectivity index (χ1n) is 11.6. The van der Waals surface area contributed by atoms with E-state index in [-0.39, 0.29) is 5.04 Å². The van der Waals surface area contributed by atoms with Crippen molar-refractivity contribution in [3.63, 3.8) is 0 Å². The van der Waals surface area contributed by atoms with Crippen LogP contribution in [-0.2, 0) is 15.4 Å². The van der Waals surface area contributed by atoms with Crippen molar-refractivity contribution in [3.05, 3.63) is 90.5 Å². The first-order chi connectivity index (χ1) is 15.8. The third-order valence-corrected chi connectivity index (χ3v) is 12.5. The van der Waals surface area contributed by atoms with E-state index in [1.54, 1.807) is 0 Å². The number of rotatable bonds is 8. The topological polar surface area (TPSA) is 38.7 Å². The number of aryl methyl sites for hydroxylation is 1. The minimum absolute atomic E-state index is 0.0267. The van der Waals surface area contributed by atoms with E-state index in [1.165, 1.54) is 10.4 Å². The number of nitrogens with zero attached hydrogens (tertiary/aromatic N) is 1. The van der Waals surface area contributed by atoms with Crippen LogP contribution in [0.15, 0.2) is 94.2 Å². The van der Waals surface area contributed by atoms with Crippen molar-refractivity contribution in [2.24, 2.45) is 16.2 Å². The molecule has 33 heavy (non-hydrogen) atoms. The van der Waals surface area contributed by atoms with Gasteiger partial charge in [0.25, 0.3) is 8.32 Å². The summed E-state index contributed by atoms with van der Waals surface area (Å²) in [5.41, 5.74) is 1.16. The second kappa shape index (κ2) is 9.88. The van der Waals surface area contributed by atoms with Gasteiger partial charge in [-0.3, -0.25) is 0 Å². The molecule has 0 aromatic heterocycles. The molecule has 0 heterocycles. The standard InChI is InChI=1S/C28H33NO2SSi/c1-22-15-17-25(18-16-22)32(30)29-20-23-19-24(23)21-31-33(28(2,3)4,26-11-7-5-8-12-26)27-13-9-6-10-14-27/h5-18,20,23-24H,19,21H2,1-4H3/b29-20+/t23-,24+,32+/m1/s1. The van der Waals surface area contributed by atoms with Gasteiger partial charge in [0, 0.05) is 18.7 Å². The summed E-state index contributed by atoms with van der Waals surface area (Å²) in [6.45, 7) is 9.62. The molecule has 0 unspecified atom stereocenters. The van der Waals surface area contributed by atoms with E-state index in [0.717, 1.165) is 16.9 Å². The summed E-state index contributed by atoms with van der Waals surface area (Å²) >= 11 is 0. The van der Waals surface area contributed by atoms with Crippen LogP contribution in [0.5, 0.6) is 0 Å². The highest BCUT2D eigenvalue weighted by Crippen LogP contribution is 2.41. The Hall–Kier alpha value is -2.34. The second-order valence-corrected chi connectivity index (χ2v) is 15.4. The predicted octanol–water partition coefficient (Wildman–Crippen LogP) is 5.30. The van der Waals surface area contributed by atoms with Crippen molar-refractivity contribution in [2.75, 3.05) is 6.61 Å². The highest BCUT2D eigenvalue weighted by molar-refractivity contribution is 7.83. The van der Waals surface area contributed by atoms with Crippen LogP contribution >= 0.6 is 0 Å². The highest BCUT2D eigenvalue weighted by Gasteiger charge is 2.51. The van der Waals surface area contributed by atoms with Crippen molar-refractivity contribution in [2.45, 2.75) is 44.0 Å². The SMILES string of the molecule is Cc1ccc([S@](=O)/N=C/[C@H]2C[C@H]2CO[Si](c2ccccc2)(c2ccccc2)C(C)(C)C)cc1. The summed E-state index contributed by atoms with van der Waals surface area (Å²) in [7, 11) is -3.85. The van der Waals surface area contributed by atoms with Crippen molar-refractivity contribution in [1.82, 2.24) is 0 Å². The van der Waals surface area contributed by atoms with Gasteiger partial charge < -0.3 is 4.43 Å². The van der Waals surface area contributed by atoms with Gasteiger partial charge in [0.2, 0.25) is 0 Å². The number of hydrogen-bond donors (Lipinski definition) is 0. The normalized spacial score (nSPS) is 19.5. The van der Waals surface area contributed by atoms with Crippen molar-refractivity contribution >= 4 is 35.9 Å². The van der Waals surface area contributed by atoms with Crippen LogP contribution in [0, 0.1) is 18.8 Å². The van der Waals surface area contributed by atoms with Gasteiger partial charge >= 0.3 is 0 Å². The molecule has 4 rings (SSSR count). The van der Waals surface area contributed by atoms with Gasteiger partial charge in [0.15, 0.2) is 11.0 Å². The van der Waals surface area contributed by atoms with Gasteiger partial charge in [-0.15, -0.1) is 0 Å². The predicted molar refractivity (Wildman–Crippen MR) is 141 cm³/mol. The van der Waals surface area contributed by atoms with E-state index in [2.05, 4.69) is 85.8 Å². The van der Waals surface area contributed by atoms with Crippen LogP contribution in [0.25, 0.3) is 0 Å². The maximum Gasteiger partial charge on any atom is 0.261 e. The molecule has 3 aromatic rings. The molecule has 3 aromatic carbocycles. The van der Waals surface area contributed by atoms with Crippen LogP contribution < -0.4 is 10.4 Å². The van der Waals surface area contributed by atoms with E-state index in [1.807, 2.05) is 37.4 Å². The molecular formula is C28H33NO2SSi. The number of benzene rings is 3. The first-order valence-corrected chi connectivity index (χ1v) is 14.6. The lowest BCUT2D eigenvalue weighted by atomic mass is 10.2. The van der Waals surface area contributed by atoms with Gasteiger partial charge in [-0.05, 0) is 46.8 Å². The summed E-state index contributed by atoms with van der Waals surface area (Å²) in [4.78, 5) is 0.748. The molecule has 1 aliphatic carbocycles. The Morgan fingerprint density at radius 1 is 0.939 bits per heavy atom. The average Bonchev–Trinajstić information content (AvgIpc) is 3.57. The Bertz CT molecular complexity index is 1070. The Kier molecular flexibility index (Phi) is 7.12. The molecule has 5 heteroatoms. The van der Waals surface area contributed by atoms with E-state index >= 15 is 0 Å². The molecule has 0 aliphatic heterocycles. The zero-order chi connectivity index (χ0) is 23.5. The molecule has 0 radical (unpaired) electrons. The second-order valence-electron chi connectivity index (χ2n) is 9.95. The summed E-state index contributed by atoms with van der Waals surface area (Å²) in [6.07, 6.45) is 2.92. The van der Waals surface area contributed by atoms with Crippen molar-refractivity contribution in [3.8, 4) is 0 Å². The van der Waals surface area contributed by atoms with Crippen molar-refractivity contribution < 1.29 is 8.63 Å². The van der Waals surface area contributed by atoms with E-state index < -0.39 is 19.3 Å². The molecule has 0 bridgehead atoms. The Morgan fingerprint density at radius 2 is 1.48 bits per heavy atom. The maximum absolute atomic E-state index is 12.5. The quantitative estimate of drug-likeness (QED) is 0.327. The van der Waals surface area contributed by atoms with Crippen molar-refractivity contribution in [1.29, 1.82) is 0 Å². The minimum atomic E-state index is -2.51. The van der Waals surface area contributed by atoms with Gasteiger partial charge in [-0.25, -0.2) is 4.21 Å². The lowest BCUT2D eigenvalue weighted by Gasteiger charge is -2.43. The van der Waals surface area contributed by atoms with Crippen LogP contribution in [-0.4, -0.2) is 25.3 Å². The zero-order valence-electron chi connectivity index (χ0n) is 19.9. The van der Waals surface area contributed by atoms with Crippen LogP contribution in [0.4, 0.5) is 0 Å². The molecule has 0 saturated heterocycles. The summed E-state index contributed by atoms with van der Waals surface area (Å²) < 4.78 is 23.9. The molecule has 0 spiro atoms. The molecule has 1 aliphatic rings. The van der Waals surface area contributed by atoms with E-state index in [9.17, 15) is 4.21 Å². The van der Waals surface area contributed by atoms with Gasteiger partial charge in [0.1, 0.15) is 0 Å². The van der Waals surface area contributed by atoms with Gasteiger partial charge in [-0.1, -0.05) is 99.1 Å². The van der Waals surface area contributed by atoms with E-state index in [0.29, 0.717) is 18.4 Å². The van der Waals surface area contributed by atoms with Crippen LogP contribution in [0.2, 0.25) is 5.04 Å². The van der Waals surface area contributed by atoms with E-state index in [4.69, 9.17) is 4.43 Å². The zero-order valence-corrected chi connectivity index (χ0v) is 21.7. The summed E-state index contributed by atoms with van der Waals surface area (Å²) in [5.74, 6) is 0.753. The van der Waals surface area contributed by atoms with Crippen LogP contribution in [0.3, 0.4) is 0 Å². The third-order valence-electron chi connectivity index (χ3n) is 6.48. The first kappa shape index (κ1) is 23.8. The smallest absolute Gasteiger partial charge is 0.261 e.